The number of ether oxygens (including phenoxy) is 1. The van der Waals surface area contributed by atoms with E-state index in [9.17, 15) is 4.79 Å². The van der Waals surface area contributed by atoms with E-state index in [0.29, 0.717) is 28.3 Å². The standard InChI is InChI=1S/C13H16Cl2N2O2/c1-8(13(18)17-7-9-5-16-6-9)19-10-2-3-11(14)12(15)4-10/h2-4,8-9,16H,5-7H2,1H3,(H,17,18). The van der Waals surface area contributed by atoms with Crippen LogP contribution < -0.4 is 15.4 Å². The molecule has 1 aromatic rings. The highest BCUT2D eigenvalue weighted by Gasteiger charge is 2.20. The van der Waals surface area contributed by atoms with Crippen LogP contribution in [0.2, 0.25) is 10.0 Å². The summed E-state index contributed by atoms with van der Waals surface area (Å²) in [7, 11) is 0. The molecule has 1 amide bonds. The average Bonchev–Trinajstić information content (AvgIpc) is 2.31. The molecule has 1 unspecified atom stereocenters. The second kappa shape index (κ2) is 6.46. The van der Waals surface area contributed by atoms with Crippen molar-refractivity contribution < 1.29 is 9.53 Å². The summed E-state index contributed by atoms with van der Waals surface area (Å²) >= 11 is 11.7. The molecule has 1 aliphatic heterocycles. The van der Waals surface area contributed by atoms with Gasteiger partial charge in [-0.05, 0) is 19.1 Å². The van der Waals surface area contributed by atoms with E-state index in [0.717, 1.165) is 13.1 Å². The zero-order valence-electron chi connectivity index (χ0n) is 10.6. The molecule has 0 radical (unpaired) electrons. The first-order valence-electron chi connectivity index (χ1n) is 6.16. The Bertz CT molecular complexity index is 464. The smallest absolute Gasteiger partial charge is 0.260 e. The highest BCUT2D eigenvalue weighted by molar-refractivity contribution is 6.42. The molecule has 1 saturated heterocycles. The number of rotatable bonds is 5. The number of carbonyl (C=O) groups excluding carboxylic acids is 1. The van der Waals surface area contributed by atoms with Crippen LogP contribution in [0.1, 0.15) is 6.92 Å². The fraction of sp³-hybridized carbons (Fsp3) is 0.462. The van der Waals surface area contributed by atoms with E-state index in [1.54, 1.807) is 25.1 Å². The molecule has 104 valence electrons. The molecule has 6 heteroatoms. The topological polar surface area (TPSA) is 50.4 Å². The lowest BCUT2D eigenvalue weighted by Gasteiger charge is -2.27. The van der Waals surface area contributed by atoms with E-state index in [1.165, 1.54) is 0 Å². The van der Waals surface area contributed by atoms with Crippen LogP contribution >= 0.6 is 23.2 Å². The van der Waals surface area contributed by atoms with Crippen molar-refractivity contribution in [1.29, 1.82) is 0 Å². The molecule has 4 nitrogen and oxygen atoms in total. The monoisotopic (exact) mass is 302 g/mol. The van der Waals surface area contributed by atoms with Gasteiger partial charge in [-0.25, -0.2) is 0 Å². The van der Waals surface area contributed by atoms with Crippen LogP contribution in [-0.2, 0) is 4.79 Å². The van der Waals surface area contributed by atoms with Gasteiger partial charge in [0.25, 0.3) is 5.91 Å². The molecule has 1 aromatic carbocycles. The van der Waals surface area contributed by atoms with Crippen molar-refractivity contribution in [2.75, 3.05) is 19.6 Å². The summed E-state index contributed by atoms with van der Waals surface area (Å²) in [5.74, 6) is 0.932. The number of carbonyl (C=O) groups is 1. The van der Waals surface area contributed by atoms with Crippen LogP contribution in [-0.4, -0.2) is 31.6 Å². The Hall–Kier alpha value is -0.970. The van der Waals surface area contributed by atoms with Crippen LogP contribution in [0.5, 0.6) is 5.75 Å². The van der Waals surface area contributed by atoms with Gasteiger partial charge >= 0.3 is 0 Å². The van der Waals surface area contributed by atoms with E-state index in [4.69, 9.17) is 27.9 Å². The van der Waals surface area contributed by atoms with Crippen LogP contribution in [0, 0.1) is 5.92 Å². The van der Waals surface area contributed by atoms with Gasteiger partial charge in [0.1, 0.15) is 5.75 Å². The van der Waals surface area contributed by atoms with Crippen molar-refractivity contribution in [2.45, 2.75) is 13.0 Å². The fourth-order valence-corrected chi connectivity index (χ4v) is 1.98. The number of nitrogens with one attached hydrogen (secondary N) is 2. The van der Waals surface area contributed by atoms with Crippen molar-refractivity contribution in [1.82, 2.24) is 10.6 Å². The number of amides is 1. The Morgan fingerprint density at radius 2 is 2.21 bits per heavy atom. The molecule has 19 heavy (non-hydrogen) atoms. The Morgan fingerprint density at radius 1 is 1.47 bits per heavy atom. The summed E-state index contributed by atoms with van der Waals surface area (Å²) in [6.45, 7) is 4.31. The van der Waals surface area contributed by atoms with Crippen molar-refractivity contribution in [3.05, 3.63) is 28.2 Å². The highest BCUT2D eigenvalue weighted by Crippen LogP contribution is 2.26. The molecule has 2 rings (SSSR count). The van der Waals surface area contributed by atoms with E-state index < -0.39 is 6.10 Å². The van der Waals surface area contributed by atoms with E-state index in [-0.39, 0.29) is 5.91 Å². The maximum Gasteiger partial charge on any atom is 0.260 e. The minimum Gasteiger partial charge on any atom is -0.481 e. The summed E-state index contributed by atoms with van der Waals surface area (Å²) in [4.78, 5) is 11.8. The first-order valence-corrected chi connectivity index (χ1v) is 6.92. The lowest BCUT2D eigenvalue weighted by molar-refractivity contribution is -0.127. The summed E-state index contributed by atoms with van der Waals surface area (Å²) < 4.78 is 5.53. The maximum atomic E-state index is 11.8. The third kappa shape index (κ3) is 4.00. The van der Waals surface area contributed by atoms with Crippen LogP contribution in [0.3, 0.4) is 0 Å². The van der Waals surface area contributed by atoms with Crippen molar-refractivity contribution in [3.8, 4) is 5.75 Å². The van der Waals surface area contributed by atoms with Gasteiger partial charge in [0.2, 0.25) is 0 Å². The predicted molar refractivity (Wildman–Crippen MR) is 75.9 cm³/mol. The minimum atomic E-state index is -0.565. The van der Waals surface area contributed by atoms with Crippen LogP contribution in [0.25, 0.3) is 0 Å². The first kappa shape index (κ1) is 14.4. The molecule has 0 aliphatic carbocycles. The largest absolute Gasteiger partial charge is 0.481 e. The summed E-state index contributed by atoms with van der Waals surface area (Å²) in [5, 5.41) is 6.89. The zero-order valence-corrected chi connectivity index (χ0v) is 12.1. The van der Waals surface area contributed by atoms with Gasteiger partial charge in [0, 0.05) is 31.6 Å². The number of hydrogen-bond donors (Lipinski definition) is 2. The van der Waals surface area contributed by atoms with Crippen molar-refractivity contribution in [3.63, 3.8) is 0 Å². The van der Waals surface area contributed by atoms with Crippen molar-refractivity contribution >= 4 is 29.1 Å². The summed E-state index contributed by atoms with van der Waals surface area (Å²) in [6.07, 6.45) is -0.565. The van der Waals surface area contributed by atoms with Gasteiger partial charge in [0.05, 0.1) is 10.0 Å². The molecular weight excluding hydrogens is 287 g/mol. The van der Waals surface area contributed by atoms with E-state index in [1.807, 2.05) is 0 Å². The molecule has 1 fully saturated rings. The number of hydrogen-bond acceptors (Lipinski definition) is 3. The Balaban J connectivity index is 1.82. The Kier molecular flexibility index (Phi) is 4.91. The number of benzene rings is 1. The predicted octanol–water partition coefficient (Wildman–Crippen LogP) is 2.10. The lowest BCUT2D eigenvalue weighted by atomic mass is 10.0. The van der Waals surface area contributed by atoms with Crippen LogP contribution in [0.15, 0.2) is 18.2 Å². The third-order valence-corrected chi connectivity index (χ3v) is 3.74. The molecular formula is C13H16Cl2N2O2. The third-order valence-electron chi connectivity index (χ3n) is 3.00. The normalized spacial score (nSPS) is 16.6. The quantitative estimate of drug-likeness (QED) is 0.876. The van der Waals surface area contributed by atoms with Crippen LogP contribution in [0.4, 0.5) is 0 Å². The van der Waals surface area contributed by atoms with Gasteiger partial charge in [0.15, 0.2) is 6.10 Å². The summed E-state index contributed by atoms with van der Waals surface area (Å²) in [5.41, 5.74) is 0. The Labute approximate surface area is 122 Å². The number of halogens is 2. The summed E-state index contributed by atoms with van der Waals surface area (Å²) in [6, 6.07) is 4.93. The fourth-order valence-electron chi connectivity index (χ4n) is 1.69. The zero-order chi connectivity index (χ0) is 13.8. The van der Waals surface area contributed by atoms with Gasteiger partial charge in [-0.3, -0.25) is 4.79 Å². The molecule has 1 heterocycles. The second-order valence-corrected chi connectivity index (χ2v) is 5.42. The SMILES string of the molecule is CC(Oc1ccc(Cl)c(Cl)c1)C(=O)NCC1CNC1. The molecule has 0 saturated carbocycles. The van der Waals surface area contributed by atoms with E-state index in [2.05, 4.69) is 10.6 Å². The van der Waals surface area contributed by atoms with Gasteiger partial charge in [-0.2, -0.15) is 0 Å². The lowest BCUT2D eigenvalue weighted by Crippen LogP contribution is -2.49. The first-order chi connectivity index (χ1) is 9.06. The molecule has 0 spiro atoms. The molecule has 1 aliphatic rings. The van der Waals surface area contributed by atoms with Gasteiger partial charge in [-0.1, -0.05) is 23.2 Å². The minimum absolute atomic E-state index is 0.127. The molecule has 1 atom stereocenters. The second-order valence-electron chi connectivity index (χ2n) is 4.61. The molecule has 2 N–H and O–H groups in total. The van der Waals surface area contributed by atoms with Crippen molar-refractivity contribution in [2.24, 2.45) is 5.92 Å². The average molecular weight is 303 g/mol. The molecule has 0 aromatic heterocycles. The molecule has 0 bridgehead atoms. The van der Waals surface area contributed by atoms with Gasteiger partial charge < -0.3 is 15.4 Å². The van der Waals surface area contributed by atoms with Gasteiger partial charge in [-0.15, -0.1) is 0 Å². The Morgan fingerprint density at radius 3 is 2.79 bits per heavy atom. The van der Waals surface area contributed by atoms with E-state index >= 15 is 0 Å². The highest BCUT2D eigenvalue weighted by atomic mass is 35.5. The maximum absolute atomic E-state index is 11.8.